The highest BCUT2D eigenvalue weighted by Gasteiger charge is 2.02. The van der Waals surface area contributed by atoms with Crippen LogP contribution in [-0.2, 0) is 0 Å². The first kappa shape index (κ1) is 14.1. The number of nitrogens with two attached hydrogens (primary N) is 1. The average Bonchev–Trinajstić information content (AvgIpc) is 2.47. The molecule has 1 heterocycles. The molecule has 106 valence electrons. The van der Waals surface area contributed by atoms with Gasteiger partial charge in [-0.1, -0.05) is 0 Å². The summed E-state index contributed by atoms with van der Waals surface area (Å²) in [4.78, 5) is 10.4. The Morgan fingerprint density at radius 3 is 2.60 bits per heavy atom. The van der Waals surface area contributed by atoms with Crippen molar-refractivity contribution in [2.45, 2.75) is 0 Å². The van der Waals surface area contributed by atoms with E-state index in [9.17, 15) is 0 Å². The first-order valence-corrected chi connectivity index (χ1v) is 6.39. The van der Waals surface area contributed by atoms with Gasteiger partial charge in [-0.05, 0) is 30.3 Å². The molecule has 0 amide bonds. The lowest BCUT2D eigenvalue weighted by molar-refractivity contribution is 0.328. The fraction of sp³-hybridized carbons (Fsp3) is 0.286. The van der Waals surface area contributed by atoms with Crippen molar-refractivity contribution in [1.29, 1.82) is 0 Å². The van der Waals surface area contributed by atoms with Crippen LogP contribution in [0.15, 0.2) is 36.5 Å². The summed E-state index contributed by atoms with van der Waals surface area (Å²) in [6.45, 7) is 1.03. The maximum Gasteiger partial charge on any atom is 0.226 e. The molecular formula is C14H19N5O. The minimum atomic E-state index is 0.508. The lowest BCUT2D eigenvalue weighted by Crippen LogP contribution is -2.13. The minimum Gasteiger partial charge on any atom is -0.492 e. The van der Waals surface area contributed by atoms with Gasteiger partial charge in [0.25, 0.3) is 0 Å². The molecule has 0 saturated carbocycles. The molecule has 0 atom stereocenters. The summed E-state index contributed by atoms with van der Waals surface area (Å²) in [5, 5.41) is 3.22. The Morgan fingerprint density at radius 2 is 1.95 bits per heavy atom. The predicted molar refractivity (Wildman–Crippen MR) is 80.6 cm³/mol. The summed E-state index contributed by atoms with van der Waals surface area (Å²) in [6, 6.07) is 9.48. The smallest absolute Gasteiger partial charge is 0.226 e. The van der Waals surface area contributed by atoms with Crippen LogP contribution in [0.4, 0.5) is 17.5 Å². The number of nitrogens with one attached hydrogen (secondary N) is 1. The molecule has 0 unspecified atom stereocenters. The zero-order chi connectivity index (χ0) is 14.4. The minimum absolute atomic E-state index is 0.508. The third-order valence-corrected chi connectivity index (χ3v) is 2.56. The summed E-state index contributed by atoms with van der Waals surface area (Å²) in [5.41, 5.74) is 6.33. The molecule has 0 aliphatic rings. The number of rotatable bonds is 6. The molecule has 1 aromatic heterocycles. The van der Waals surface area contributed by atoms with Crippen LogP contribution in [0.2, 0.25) is 0 Å². The number of hydrogen-bond acceptors (Lipinski definition) is 6. The van der Waals surface area contributed by atoms with Gasteiger partial charge in [-0.3, -0.25) is 0 Å². The van der Waals surface area contributed by atoms with Gasteiger partial charge in [-0.25, -0.2) is 4.98 Å². The molecule has 2 aromatic rings. The number of nitrogens with zero attached hydrogens (tertiary/aromatic N) is 3. The molecule has 6 heteroatoms. The van der Waals surface area contributed by atoms with Gasteiger partial charge in [0.1, 0.15) is 18.2 Å². The number of benzene rings is 1. The first-order valence-electron chi connectivity index (χ1n) is 6.39. The highest BCUT2D eigenvalue weighted by atomic mass is 16.5. The van der Waals surface area contributed by atoms with E-state index in [-0.39, 0.29) is 0 Å². The Labute approximate surface area is 118 Å². The molecule has 0 spiro atoms. The average molecular weight is 273 g/mol. The van der Waals surface area contributed by atoms with Crippen molar-refractivity contribution in [2.75, 3.05) is 37.5 Å². The van der Waals surface area contributed by atoms with Crippen molar-refractivity contribution < 1.29 is 4.74 Å². The molecule has 1 aromatic carbocycles. The van der Waals surface area contributed by atoms with E-state index in [2.05, 4.69) is 15.3 Å². The highest BCUT2D eigenvalue weighted by Crippen LogP contribution is 2.19. The van der Waals surface area contributed by atoms with Crippen molar-refractivity contribution >= 4 is 17.5 Å². The third-order valence-electron chi connectivity index (χ3n) is 2.56. The van der Waals surface area contributed by atoms with Gasteiger partial charge in [0.15, 0.2) is 0 Å². The number of hydrogen-bond donors (Lipinski definition) is 2. The molecular weight excluding hydrogens is 254 g/mol. The summed E-state index contributed by atoms with van der Waals surface area (Å²) >= 11 is 0. The molecule has 0 aliphatic carbocycles. The molecule has 0 saturated heterocycles. The van der Waals surface area contributed by atoms with Gasteiger partial charge in [0.05, 0.1) is 0 Å². The Bertz CT molecular complexity index is 542. The Morgan fingerprint density at radius 1 is 1.20 bits per heavy atom. The Hall–Kier alpha value is -2.34. The van der Waals surface area contributed by atoms with Crippen LogP contribution in [0.1, 0.15) is 0 Å². The fourth-order valence-corrected chi connectivity index (χ4v) is 1.59. The second-order valence-electron chi connectivity index (χ2n) is 4.42. The van der Waals surface area contributed by atoms with E-state index in [0.29, 0.717) is 19.1 Å². The molecule has 0 radical (unpaired) electrons. The van der Waals surface area contributed by atoms with E-state index in [0.717, 1.165) is 17.3 Å². The van der Waals surface area contributed by atoms with Crippen LogP contribution in [0.3, 0.4) is 0 Å². The van der Waals surface area contributed by atoms with Gasteiger partial charge >= 0.3 is 0 Å². The largest absolute Gasteiger partial charge is 0.492 e. The maximum absolute atomic E-state index is 5.43. The lowest BCUT2D eigenvalue weighted by Gasteiger charge is -2.12. The summed E-state index contributed by atoms with van der Waals surface area (Å²) < 4.78 is 5.43. The first-order chi connectivity index (χ1) is 9.69. The van der Waals surface area contributed by atoms with Crippen molar-refractivity contribution in [1.82, 2.24) is 9.97 Å². The zero-order valence-electron chi connectivity index (χ0n) is 11.7. The summed E-state index contributed by atoms with van der Waals surface area (Å²) in [5.74, 6) is 2.22. The molecule has 3 N–H and O–H groups in total. The van der Waals surface area contributed by atoms with Crippen molar-refractivity contribution in [3.63, 3.8) is 0 Å². The van der Waals surface area contributed by atoms with Crippen molar-refractivity contribution in [3.8, 4) is 5.75 Å². The normalized spacial score (nSPS) is 10.2. The summed E-state index contributed by atoms with van der Waals surface area (Å²) in [6.07, 6.45) is 1.73. The van der Waals surface area contributed by atoms with Gasteiger partial charge in [0.2, 0.25) is 5.95 Å². The fourth-order valence-electron chi connectivity index (χ4n) is 1.59. The number of aromatic nitrogens is 2. The Kier molecular flexibility index (Phi) is 4.73. The van der Waals surface area contributed by atoms with Crippen molar-refractivity contribution in [3.05, 3.63) is 36.5 Å². The SMILES string of the molecule is CN(C)c1nccc(Nc2ccc(OCCN)cc2)n1. The van der Waals surface area contributed by atoms with Gasteiger partial charge in [-0.2, -0.15) is 4.98 Å². The van der Waals surface area contributed by atoms with Crippen LogP contribution < -0.4 is 20.7 Å². The molecule has 0 fully saturated rings. The van der Waals surface area contributed by atoms with Gasteiger partial charge in [0, 0.05) is 32.5 Å². The monoisotopic (exact) mass is 273 g/mol. The van der Waals surface area contributed by atoms with Gasteiger partial charge < -0.3 is 20.7 Å². The molecule has 2 rings (SSSR count). The van der Waals surface area contributed by atoms with E-state index in [1.165, 1.54) is 0 Å². The maximum atomic E-state index is 5.43. The highest BCUT2D eigenvalue weighted by molar-refractivity contribution is 5.57. The third kappa shape index (κ3) is 3.83. The van der Waals surface area contributed by atoms with Crippen LogP contribution in [0.5, 0.6) is 5.75 Å². The van der Waals surface area contributed by atoms with Crippen molar-refractivity contribution in [2.24, 2.45) is 5.73 Å². The summed E-state index contributed by atoms with van der Waals surface area (Å²) in [7, 11) is 3.81. The van der Waals surface area contributed by atoms with E-state index in [1.807, 2.05) is 49.3 Å². The molecule has 6 nitrogen and oxygen atoms in total. The van der Waals surface area contributed by atoms with E-state index >= 15 is 0 Å². The van der Waals surface area contributed by atoms with Crippen LogP contribution in [-0.4, -0.2) is 37.2 Å². The van der Waals surface area contributed by atoms with Gasteiger partial charge in [-0.15, -0.1) is 0 Å². The van der Waals surface area contributed by atoms with Crippen LogP contribution in [0.25, 0.3) is 0 Å². The second kappa shape index (κ2) is 6.72. The second-order valence-corrected chi connectivity index (χ2v) is 4.42. The predicted octanol–water partition coefficient (Wildman–Crippen LogP) is 1.62. The van der Waals surface area contributed by atoms with E-state index in [1.54, 1.807) is 6.20 Å². The number of ether oxygens (including phenoxy) is 1. The number of anilines is 3. The molecule has 20 heavy (non-hydrogen) atoms. The van der Waals surface area contributed by atoms with Crippen LogP contribution >= 0.6 is 0 Å². The van der Waals surface area contributed by atoms with Crippen LogP contribution in [0, 0.1) is 0 Å². The Balaban J connectivity index is 2.04. The van der Waals surface area contributed by atoms with E-state index < -0.39 is 0 Å². The zero-order valence-corrected chi connectivity index (χ0v) is 11.7. The molecule has 0 bridgehead atoms. The van der Waals surface area contributed by atoms with E-state index in [4.69, 9.17) is 10.5 Å². The molecule has 0 aliphatic heterocycles. The quantitative estimate of drug-likeness (QED) is 0.833. The standard InChI is InChI=1S/C14H19N5O/c1-19(2)14-16-9-7-13(18-14)17-11-3-5-12(6-4-11)20-10-8-15/h3-7,9H,8,10,15H2,1-2H3,(H,16,17,18). The lowest BCUT2D eigenvalue weighted by atomic mass is 10.3. The topological polar surface area (TPSA) is 76.3 Å².